The second kappa shape index (κ2) is 9.52. The van der Waals surface area contributed by atoms with Gasteiger partial charge in [0.15, 0.2) is 0 Å². The van der Waals surface area contributed by atoms with Crippen LogP contribution in [0.15, 0.2) is 12.1 Å². The summed E-state index contributed by atoms with van der Waals surface area (Å²) in [6.07, 6.45) is 2.99. The summed E-state index contributed by atoms with van der Waals surface area (Å²) in [5, 5.41) is 13.6. The van der Waals surface area contributed by atoms with Crippen molar-refractivity contribution in [2.24, 2.45) is 5.92 Å². The van der Waals surface area contributed by atoms with Crippen molar-refractivity contribution in [3.8, 4) is 5.13 Å². The van der Waals surface area contributed by atoms with Crippen LogP contribution in [0.4, 0.5) is 5.13 Å². The summed E-state index contributed by atoms with van der Waals surface area (Å²) < 4.78 is 7.64. The normalized spacial score (nSPS) is 17.3. The highest BCUT2D eigenvalue weighted by Gasteiger charge is 2.27. The predicted octanol–water partition coefficient (Wildman–Crippen LogP) is 3.09. The van der Waals surface area contributed by atoms with Crippen LogP contribution in [0.3, 0.4) is 0 Å². The number of aromatic nitrogens is 3. The van der Waals surface area contributed by atoms with Gasteiger partial charge in [0, 0.05) is 37.6 Å². The Labute approximate surface area is 171 Å². The zero-order chi connectivity index (χ0) is 20.1. The van der Waals surface area contributed by atoms with Gasteiger partial charge in [-0.2, -0.15) is 0 Å². The Balaban J connectivity index is 1.54. The summed E-state index contributed by atoms with van der Waals surface area (Å²) in [6, 6.07) is 4.17. The molecule has 1 aliphatic heterocycles. The van der Waals surface area contributed by atoms with E-state index in [0.717, 1.165) is 47.5 Å². The molecule has 8 heteroatoms. The molecule has 0 aromatic carbocycles. The fraction of sp³-hybridized carbons (Fsp3) is 0.650. The lowest BCUT2D eigenvalue weighted by Crippen LogP contribution is -2.43. The van der Waals surface area contributed by atoms with Crippen molar-refractivity contribution in [2.75, 3.05) is 31.1 Å². The highest BCUT2D eigenvalue weighted by Crippen LogP contribution is 2.29. The molecule has 0 spiro atoms. The van der Waals surface area contributed by atoms with Crippen LogP contribution in [-0.4, -0.2) is 53.0 Å². The number of carbonyl (C=O) groups excluding carboxylic acids is 1. The largest absolute Gasteiger partial charge is 0.379 e. The summed E-state index contributed by atoms with van der Waals surface area (Å²) in [5.74, 6) is 0.137. The zero-order valence-electron chi connectivity index (χ0n) is 17.3. The van der Waals surface area contributed by atoms with E-state index in [1.807, 2.05) is 13.8 Å². The van der Waals surface area contributed by atoms with Gasteiger partial charge in [0.25, 0.3) is 0 Å². The van der Waals surface area contributed by atoms with Gasteiger partial charge in [-0.25, -0.2) is 0 Å². The molecule has 1 atom stereocenters. The number of hydrogen-bond acceptors (Lipinski definition) is 6. The Bertz CT molecular complexity index is 766. The van der Waals surface area contributed by atoms with Crippen LogP contribution < -0.4 is 10.2 Å². The molecular formula is C20H31N5O2S. The number of nitrogens with zero attached hydrogens (tertiary/aromatic N) is 4. The molecule has 0 saturated carbocycles. The third-order valence-electron chi connectivity index (χ3n) is 5.00. The first-order valence-electron chi connectivity index (χ1n) is 10.1. The highest BCUT2D eigenvalue weighted by molar-refractivity contribution is 7.17. The van der Waals surface area contributed by atoms with Crippen LogP contribution in [0.2, 0.25) is 0 Å². The zero-order valence-corrected chi connectivity index (χ0v) is 18.1. The number of piperidine rings is 1. The summed E-state index contributed by atoms with van der Waals surface area (Å²) in [4.78, 5) is 14.7. The third-order valence-corrected chi connectivity index (χ3v) is 5.97. The van der Waals surface area contributed by atoms with E-state index < -0.39 is 0 Å². The second-order valence-electron chi connectivity index (χ2n) is 7.67. The van der Waals surface area contributed by atoms with Crippen molar-refractivity contribution < 1.29 is 9.53 Å². The number of hydrogen-bond donors (Lipinski definition) is 1. The van der Waals surface area contributed by atoms with Crippen molar-refractivity contribution in [2.45, 2.75) is 53.1 Å². The van der Waals surface area contributed by atoms with Crippen LogP contribution >= 0.6 is 11.3 Å². The molecule has 1 fully saturated rings. The van der Waals surface area contributed by atoms with E-state index in [9.17, 15) is 4.79 Å². The molecule has 7 nitrogen and oxygen atoms in total. The minimum absolute atomic E-state index is 0.00201. The van der Waals surface area contributed by atoms with Crippen LogP contribution in [0.1, 0.15) is 44.5 Å². The van der Waals surface area contributed by atoms with Crippen molar-refractivity contribution in [3.05, 3.63) is 23.5 Å². The average molecular weight is 406 g/mol. The van der Waals surface area contributed by atoms with Crippen LogP contribution in [0, 0.1) is 19.8 Å². The van der Waals surface area contributed by atoms with E-state index in [-0.39, 0.29) is 17.9 Å². The smallest absolute Gasteiger partial charge is 0.224 e. The summed E-state index contributed by atoms with van der Waals surface area (Å²) in [5.41, 5.74) is 2.30. The maximum Gasteiger partial charge on any atom is 0.224 e. The molecule has 1 N–H and O–H groups in total. The van der Waals surface area contributed by atoms with E-state index in [0.29, 0.717) is 19.7 Å². The van der Waals surface area contributed by atoms with Crippen molar-refractivity contribution >= 4 is 22.4 Å². The van der Waals surface area contributed by atoms with E-state index in [1.54, 1.807) is 11.3 Å². The van der Waals surface area contributed by atoms with Gasteiger partial charge in [-0.1, -0.05) is 11.3 Å². The lowest BCUT2D eigenvalue weighted by Gasteiger charge is -2.31. The van der Waals surface area contributed by atoms with Crippen LogP contribution in [0.25, 0.3) is 5.13 Å². The molecule has 3 rings (SSSR count). The molecule has 28 heavy (non-hydrogen) atoms. The van der Waals surface area contributed by atoms with E-state index >= 15 is 0 Å². The lowest BCUT2D eigenvalue weighted by molar-refractivity contribution is -0.125. The lowest BCUT2D eigenvalue weighted by atomic mass is 9.97. The van der Waals surface area contributed by atoms with E-state index in [2.05, 4.69) is 51.0 Å². The first kappa shape index (κ1) is 20.8. The maximum atomic E-state index is 12.5. The van der Waals surface area contributed by atoms with Crippen molar-refractivity contribution in [1.29, 1.82) is 0 Å². The van der Waals surface area contributed by atoms with Gasteiger partial charge >= 0.3 is 0 Å². The number of rotatable bonds is 8. The molecule has 1 amide bonds. The first-order valence-corrected chi connectivity index (χ1v) is 10.9. The average Bonchev–Trinajstić information content (AvgIpc) is 3.27. The summed E-state index contributed by atoms with van der Waals surface area (Å²) >= 11 is 1.58. The molecule has 1 aliphatic rings. The molecule has 2 aromatic heterocycles. The summed E-state index contributed by atoms with van der Waals surface area (Å²) in [6.45, 7) is 11.2. The van der Waals surface area contributed by atoms with Gasteiger partial charge in [-0.05, 0) is 59.1 Å². The van der Waals surface area contributed by atoms with Gasteiger partial charge < -0.3 is 15.0 Å². The van der Waals surface area contributed by atoms with Crippen molar-refractivity contribution in [1.82, 2.24) is 20.1 Å². The number of carbonyl (C=O) groups is 1. The topological polar surface area (TPSA) is 72.3 Å². The molecule has 1 saturated heterocycles. The van der Waals surface area contributed by atoms with Gasteiger partial charge in [-0.3, -0.25) is 9.36 Å². The quantitative estimate of drug-likeness (QED) is 0.683. The predicted molar refractivity (Wildman–Crippen MR) is 112 cm³/mol. The molecule has 0 bridgehead atoms. The molecule has 3 heterocycles. The number of ether oxygens (including phenoxy) is 1. The van der Waals surface area contributed by atoms with Gasteiger partial charge in [0.05, 0.1) is 12.0 Å². The molecule has 0 radical (unpaired) electrons. The van der Waals surface area contributed by atoms with Gasteiger partial charge in [-0.15, -0.1) is 10.2 Å². The Kier molecular flexibility index (Phi) is 7.07. The van der Waals surface area contributed by atoms with E-state index in [1.165, 1.54) is 0 Å². The number of amides is 1. The maximum absolute atomic E-state index is 12.5. The number of aryl methyl sites for hydroxylation is 2. The first-order chi connectivity index (χ1) is 13.5. The van der Waals surface area contributed by atoms with Gasteiger partial charge in [0.2, 0.25) is 16.2 Å². The monoisotopic (exact) mass is 405 g/mol. The minimum atomic E-state index is 0.00201. The Hall–Kier alpha value is -1.93. The molecule has 0 aliphatic carbocycles. The molecule has 2 aromatic rings. The third kappa shape index (κ3) is 5.11. The Morgan fingerprint density at radius 3 is 2.71 bits per heavy atom. The standard InChI is InChI=1S/C20H31N5O2S/c1-14(2)27-12-6-10-21-18(26)17-7-5-11-24(13-17)19-22-23-20(28-19)25-15(3)8-9-16(25)4/h8-9,14,17H,5-7,10-13H2,1-4H3,(H,21,26). The van der Waals surface area contributed by atoms with E-state index in [4.69, 9.17) is 4.74 Å². The number of anilines is 1. The fourth-order valence-corrected chi connectivity index (χ4v) is 4.51. The Morgan fingerprint density at radius 1 is 1.29 bits per heavy atom. The minimum Gasteiger partial charge on any atom is -0.379 e. The van der Waals surface area contributed by atoms with Crippen LogP contribution in [0.5, 0.6) is 0 Å². The Morgan fingerprint density at radius 2 is 2.00 bits per heavy atom. The summed E-state index contributed by atoms with van der Waals surface area (Å²) in [7, 11) is 0. The van der Waals surface area contributed by atoms with Crippen LogP contribution in [-0.2, 0) is 9.53 Å². The number of nitrogens with one attached hydrogen (secondary N) is 1. The highest BCUT2D eigenvalue weighted by atomic mass is 32.1. The molecule has 1 unspecified atom stereocenters. The van der Waals surface area contributed by atoms with Gasteiger partial charge in [0.1, 0.15) is 0 Å². The molecule has 154 valence electrons. The molecular weight excluding hydrogens is 374 g/mol. The SMILES string of the molecule is Cc1ccc(C)n1-c1nnc(N2CCCC(C(=O)NCCCOC(C)C)C2)s1. The fourth-order valence-electron chi connectivity index (χ4n) is 3.51. The van der Waals surface area contributed by atoms with Crippen molar-refractivity contribution in [3.63, 3.8) is 0 Å². The second-order valence-corrected chi connectivity index (χ2v) is 8.60.